The van der Waals surface area contributed by atoms with Gasteiger partial charge in [0.05, 0.1) is 11.9 Å². The van der Waals surface area contributed by atoms with E-state index in [0.717, 1.165) is 30.6 Å². The van der Waals surface area contributed by atoms with E-state index in [1.807, 2.05) is 12.1 Å². The summed E-state index contributed by atoms with van der Waals surface area (Å²) in [7, 11) is 1.62. The molecule has 0 N–H and O–H groups in total. The van der Waals surface area contributed by atoms with Gasteiger partial charge >= 0.3 is 0 Å². The lowest BCUT2D eigenvalue weighted by Gasteiger charge is -2.08. The molecule has 0 spiro atoms. The van der Waals surface area contributed by atoms with Crippen molar-refractivity contribution in [3.05, 3.63) is 29.8 Å². The van der Waals surface area contributed by atoms with E-state index >= 15 is 0 Å². The zero-order valence-corrected chi connectivity index (χ0v) is 11.3. The highest BCUT2D eigenvalue weighted by molar-refractivity contribution is 9.10. The van der Waals surface area contributed by atoms with Crippen LogP contribution in [0.25, 0.3) is 0 Å². The molecule has 1 atom stereocenters. The lowest BCUT2D eigenvalue weighted by Crippen LogP contribution is -2.13. The first kappa shape index (κ1) is 13.2. The Balaban J connectivity index is 2.64. The number of hydrogen-bond donors (Lipinski definition) is 0. The number of unbranched alkanes of at least 4 members (excludes halogenated alkanes) is 1. The SMILES string of the molecule is CCCCC(Br)C(=O)c1ccc(OC)cc1. The van der Waals surface area contributed by atoms with Crippen molar-refractivity contribution < 1.29 is 9.53 Å². The molecule has 1 rings (SSSR count). The Morgan fingerprint density at radius 1 is 1.38 bits per heavy atom. The third-order valence-electron chi connectivity index (χ3n) is 2.47. The minimum atomic E-state index is -0.0687. The van der Waals surface area contributed by atoms with Crippen molar-refractivity contribution in [2.75, 3.05) is 7.11 Å². The Bertz CT molecular complexity index is 332. The van der Waals surface area contributed by atoms with Gasteiger partial charge in [0.1, 0.15) is 5.75 Å². The number of ketones is 1. The van der Waals surface area contributed by atoms with E-state index in [2.05, 4.69) is 22.9 Å². The Labute approximate surface area is 105 Å². The number of ether oxygens (including phenoxy) is 1. The van der Waals surface area contributed by atoms with Crippen molar-refractivity contribution in [2.45, 2.75) is 31.0 Å². The molecular weight excluding hydrogens is 268 g/mol. The molecule has 0 fully saturated rings. The fraction of sp³-hybridized carbons (Fsp3) is 0.462. The van der Waals surface area contributed by atoms with Crippen LogP contribution in [0.3, 0.4) is 0 Å². The minimum absolute atomic E-state index is 0.0687. The van der Waals surface area contributed by atoms with Gasteiger partial charge in [0.15, 0.2) is 5.78 Å². The second kappa shape index (κ2) is 6.69. The Hall–Kier alpha value is -0.830. The van der Waals surface area contributed by atoms with Crippen molar-refractivity contribution in [3.8, 4) is 5.75 Å². The fourth-order valence-corrected chi connectivity index (χ4v) is 2.04. The van der Waals surface area contributed by atoms with Crippen molar-refractivity contribution >= 4 is 21.7 Å². The highest BCUT2D eigenvalue weighted by Crippen LogP contribution is 2.18. The highest BCUT2D eigenvalue weighted by atomic mass is 79.9. The number of hydrogen-bond acceptors (Lipinski definition) is 2. The number of Topliss-reactive ketones (excluding diaryl/α,β-unsaturated/α-hetero) is 1. The summed E-state index contributed by atoms with van der Waals surface area (Å²) in [6.07, 6.45) is 3.07. The summed E-state index contributed by atoms with van der Waals surface area (Å²) in [5.41, 5.74) is 0.735. The fourth-order valence-electron chi connectivity index (χ4n) is 1.45. The van der Waals surface area contributed by atoms with Crippen molar-refractivity contribution in [3.63, 3.8) is 0 Å². The minimum Gasteiger partial charge on any atom is -0.497 e. The van der Waals surface area contributed by atoms with Crippen LogP contribution >= 0.6 is 15.9 Å². The van der Waals surface area contributed by atoms with Crippen LogP contribution in [0.2, 0.25) is 0 Å². The molecule has 3 heteroatoms. The standard InChI is InChI=1S/C13H17BrO2/c1-3-4-5-12(14)13(15)10-6-8-11(16-2)9-7-10/h6-9,12H,3-5H2,1-2H3. The quantitative estimate of drug-likeness (QED) is 0.586. The summed E-state index contributed by atoms with van der Waals surface area (Å²) >= 11 is 3.44. The van der Waals surface area contributed by atoms with Gasteiger partial charge in [-0.05, 0) is 30.7 Å². The van der Waals surface area contributed by atoms with E-state index in [9.17, 15) is 4.79 Å². The van der Waals surface area contributed by atoms with Gasteiger partial charge in [-0.2, -0.15) is 0 Å². The van der Waals surface area contributed by atoms with Crippen molar-refractivity contribution in [1.29, 1.82) is 0 Å². The van der Waals surface area contributed by atoms with E-state index in [-0.39, 0.29) is 10.6 Å². The maximum absolute atomic E-state index is 12.0. The molecule has 0 heterocycles. The molecule has 2 nitrogen and oxygen atoms in total. The number of carbonyl (C=O) groups is 1. The number of halogens is 1. The molecule has 0 aliphatic carbocycles. The second-order valence-electron chi connectivity index (χ2n) is 3.70. The maximum Gasteiger partial charge on any atom is 0.176 e. The maximum atomic E-state index is 12.0. The Kier molecular flexibility index (Phi) is 5.53. The summed E-state index contributed by atoms with van der Waals surface area (Å²) < 4.78 is 5.05. The monoisotopic (exact) mass is 284 g/mol. The summed E-state index contributed by atoms with van der Waals surface area (Å²) in [4.78, 5) is 11.9. The van der Waals surface area contributed by atoms with Gasteiger partial charge in [-0.25, -0.2) is 0 Å². The van der Waals surface area contributed by atoms with E-state index < -0.39 is 0 Å². The predicted molar refractivity (Wildman–Crippen MR) is 69.6 cm³/mol. The molecule has 0 bridgehead atoms. The van der Waals surface area contributed by atoms with E-state index in [1.165, 1.54) is 0 Å². The van der Waals surface area contributed by atoms with Crippen molar-refractivity contribution in [1.82, 2.24) is 0 Å². The first-order chi connectivity index (χ1) is 7.69. The number of benzene rings is 1. The van der Waals surface area contributed by atoms with Gasteiger partial charge < -0.3 is 4.74 Å². The average molecular weight is 285 g/mol. The zero-order chi connectivity index (χ0) is 12.0. The molecule has 0 aliphatic heterocycles. The molecule has 0 amide bonds. The van der Waals surface area contributed by atoms with Crippen LogP contribution < -0.4 is 4.74 Å². The molecule has 88 valence electrons. The van der Waals surface area contributed by atoms with Crippen LogP contribution in [0, 0.1) is 0 Å². The summed E-state index contributed by atoms with van der Waals surface area (Å²) in [5, 5.41) is 0. The van der Waals surface area contributed by atoms with E-state index in [1.54, 1.807) is 19.2 Å². The lowest BCUT2D eigenvalue weighted by atomic mass is 10.0. The van der Waals surface area contributed by atoms with Gasteiger partial charge in [-0.1, -0.05) is 35.7 Å². The lowest BCUT2D eigenvalue weighted by molar-refractivity contribution is 0.0988. The molecule has 0 saturated heterocycles. The van der Waals surface area contributed by atoms with Crippen LogP contribution in [0.5, 0.6) is 5.75 Å². The summed E-state index contributed by atoms with van der Waals surface area (Å²) in [6.45, 7) is 2.12. The summed E-state index contributed by atoms with van der Waals surface area (Å²) in [6, 6.07) is 7.24. The molecule has 1 unspecified atom stereocenters. The van der Waals surface area contributed by atoms with E-state index in [4.69, 9.17) is 4.74 Å². The second-order valence-corrected chi connectivity index (χ2v) is 4.81. The van der Waals surface area contributed by atoms with Crippen LogP contribution in [-0.4, -0.2) is 17.7 Å². The Morgan fingerprint density at radius 3 is 2.50 bits per heavy atom. The van der Waals surface area contributed by atoms with Gasteiger partial charge in [0.25, 0.3) is 0 Å². The van der Waals surface area contributed by atoms with Gasteiger partial charge in [-0.15, -0.1) is 0 Å². The highest BCUT2D eigenvalue weighted by Gasteiger charge is 2.15. The number of alkyl halides is 1. The molecule has 1 aromatic carbocycles. The topological polar surface area (TPSA) is 26.3 Å². The van der Waals surface area contributed by atoms with Crippen LogP contribution in [-0.2, 0) is 0 Å². The zero-order valence-electron chi connectivity index (χ0n) is 9.70. The first-order valence-electron chi connectivity index (χ1n) is 5.51. The molecule has 16 heavy (non-hydrogen) atoms. The van der Waals surface area contributed by atoms with Gasteiger partial charge in [0, 0.05) is 5.56 Å². The number of carbonyl (C=O) groups excluding carboxylic acids is 1. The average Bonchev–Trinajstić information content (AvgIpc) is 2.35. The largest absolute Gasteiger partial charge is 0.497 e. The normalized spacial score (nSPS) is 12.2. The van der Waals surface area contributed by atoms with Gasteiger partial charge in [0.2, 0.25) is 0 Å². The van der Waals surface area contributed by atoms with Crippen LogP contribution in [0.4, 0.5) is 0 Å². The van der Waals surface area contributed by atoms with Gasteiger partial charge in [-0.3, -0.25) is 4.79 Å². The molecule has 0 aromatic heterocycles. The van der Waals surface area contributed by atoms with Crippen molar-refractivity contribution in [2.24, 2.45) is 0 Å². The number of rotatable bonds is 6. The van der Waals surface area contributed by atoms with Crippen LogP contribution in [0.1, 0.15) is 36.5 Å². The molecular formula is C13H17BrO2. The first-order valence-corrected chi connectivity index (χ1v) is 6.43. The molecule has 0 saturated carbocycles. The predicted octanol–water partition coefficient (Wildman–Crippen LogP) is 3.83. The number of methoxy groups -OCH3 is 1. The van der Waals surface area contributed by atoms with E-state index in [0.29, 0.717) is 0 Å². The third kappa shape index (κ3) is 3.63. The third-order valence-corrected chi connectivity index (χ3v) is 3.34. The van der Waals surface area contributed by atoms with Crippen LogP contribution in [0.15, 0.2) is 24.3 Å². The smallest absolute Gasteiger partial charge is 0.176 e. The molecule has 0 radical (unpaired) electrons. The molecule has 0 aliphatic rings. The molecule has 1 aromatic rings. The summed E-state index contributed by atoms with van der Waals surface area (Å²) in [5.74, 6) is 0.923. The Morgan fingerprint density at radius 2 is 2.00 bits per heavy atom.